The monoisotopic (exact) mass is 401 g/mol. The van der Waals surface area contributed by atoms with Crippen molar-refractivity contribution in [3.05, 3.63) is 0 Å². The summed E-state index contributed by atoms with van der Waals surface area (Å²) in [4.78, 5) is 0. The van der Waals surface area contributed by atoms with Gasteiger partial charge in [0, 0.05) is 8.50 Å². The summed E-state index contributed by atoms with van der Waals surface area (Å²) in [5, 5.41) is 0. The van der Waals surface area contributed by atoms with E-state index in [1.165, 1.54) is 0 Å². The second-order valence-electron chi connectivity index (χ2n) is 0.213. The van der Waals surface area contributed by atoms with Crippen molar-refractivity contribution in [2.75, 3.05) is 0 Å². The Labute approximate surface area is 38.3 Å². The van der Waals surface area contributed by atoms with Crippen LogP contribution in [0.2, 0.25) is 0 Å². The summed E-state index contributed by atoms with van der Waals surface area (Å²) in [6.45, 7) is 0. The van der Waals surface area contributed by atoms with Gasteiger partial charge < -0.3 is 0 Å². The molecule has 0 unspecified atom stereocenters. The Morgan fingerprint density at radius 3 is 1.40 bits per heavy atom. The Morgan fingerprint density at radius 2 is 1.40 bits per heavy atom. The average molecular weight is 402 g/mol. The zero-order valence-electron chi connectivity index (χ0n) is 2.37. The fourth-order valence-corrected chi connectivity index (χ4v) is 0. The molecule has 0 aromatic rings. The van der Waals surface area contributed by atoms with Gasteiger partial charge in [0.25, 0.3) is 0 Å². The van der Waals surface area contributed by atoms with Crippen LogP contribution in [0.25, 0.3) is 0 Å². The zero-order chi connectivity index (χ0) is 3.58. The third kappa shape index (κ3) is 398. The van der Waals surface area contributed by atoms with Crippen LogP contribution in [-0.2, 0) is 8.50 Å². The Bertz CT molecular complexity index is 32.6. The molecule has 28 valence electrons. The summed E-state index contributed by atoms with van der Waals surface area (Å²) in [5.41, 5.74) is 0. The van der Waals surface area contributed by atoms with Gasteiger partial charge in [-0.2, -0.15) is 0 Å². The van der Waals surface area contributed by atoms with E-state index in [1.54, 1.807) is 0 Å². The summed E-state index contributed by atoms with van der Waals surface area (Å²) in [6.07, 6.45) is 0. The van der Waals surface area contributed by atoms with Gasteiger partial charge in [0.15, 0.2) is 0 Å². The Morgan fingerprint density at radius 1 is 1.40 bits per heavy atom. The molecule has 0 heterocycles. The molecule has 0 saturated carbocycles. The molecular weight excluding hydrogens is 401 g/mol. The van der Waals surface area contributed by atoms with E-state index in [2.05, 4.69) is 8.02 Å². The van der Waals surface area contributed by atoms with Gasteiger partial charge in [-0.25, -0.2) is 0 Å². The molecule has 0 bridgehead atoms. The van der Waals surface area contributed by atoms with E-state index in [4.69, 9.17) is 21.4 Å². The predicted octanol–water partition coefficient (Wildman–Crippen LogP) is 1.97. The summed E-state index contributed by atoms with van der Waals surface area (Å²) in [7, 11) is 12.2. The molecule has 0 atom stereocenters. The van der Waals surface area contributed by atoms with Crippen LogP contribution in [0.4, 0.5) is 0 Å². The molecular formula is HCl2PRfS. The molecule has 0 N–H and O–H groups in total. The zero-order valence-corrected chi connectivity index (χ0v) is 12.1. The van der Waals surface area contributed by atoms with E-state index in [9.17, 15) is 0 Å². The van der Waals surface area contributed by atoms with Gasteiger partial charge in [-0.1, -0.05) is 8.02 Å². The Balaban J connectivity index is 0. The first kappa shape index (κ1) is 8.97. The van der Waals surface area contributed by atoms with E-state index in [0.29, 0.717) is 0 Å². The van der Waals surface area contributed by atoms with E-state index in [0.717, 1.165) is 0 Å². The van der Waals surface area contributed by atoms with Crippen LogP contribution < -0.4 is 0 Å². The molecule has 5 heteroatoms. The minimum absolute atomic E-state index is 0. The molecule has 0 aromatic heterocycles. The summed E-state index contributed by atoms with van der Waals surface area (Å²) in [5.74, 6) is 0. The van der Waals surface area contributed by atoms with Crippen molar-refractivity contribution in [2.24, 2.45) is 0 Å². The largest absolute Gasteiger partial charge is 0.0585 e. The van der Waals surface area contributed by atoms with Crippen LogP contribution in [0.3, 0.4) is 0 Å². The molecule has 5 heavy (non-hydrogen) atoms. The molecule has 0 aliphatic rings. The van der Waals surface area contributed by atoms with E-state index >= 15 is 0 Å². The SMILES string of the molecule is P=S(Cl)Cl.[Rf]. The fraction of sp³-hybridized carbons (Fsp3) is 0. The van der Waals surface area contributed by atoms with Gasteiger partial charge in [-0.3, -0.25) is 0 Å². The van der Waals surface area contributed by atoms with Gasteiger partial charge in [0.05, 0.1) is 0 Å². The van der Waals surface area contributed by atoms with Crippen molar-refractivity contribution >= 4 is 37.9 Å². The van der Waals surface area contributed by atoms with Crippen molar-refractivity contribution in [1.29, 1.82) is 0 Å². The van der Waals surface area contributed by atoms with Crippen molar-refractivity contribution in [3.8, 4) is 0 Å². The standard InChI is InChI=1S/Cl2HPS.Rf/c1-4(2)3;/h3H;. The van der Waals surface area contributed by atoms with Crippen molar-refractivity contribution in [1.82, 2.24) is 0 Å². The molecule has 0 radical (unpaired) electrons. The Hall–Kier alpha value is 0.230. The van der Waals surface area contributed by atoms with Gasteiger partial charge in [0.1, 0.15) is 0 Å². The smallest absolute Gasteiger partial charge is 0.0178 e. The summed E-state index contributed by atoms with van der Waals surface area (Å²) in [6, 6.07) is 0. The molecule has 0 fully saturated rings. The quantitative estimate of drug-likeness (QED) is 0.544. The van der Waals surface area contributed by atoms with E-state index < -0.39 is 8.50 Å². The molecule has 0 rings (SSSR count). The topological polar surface area (TPSA) is 0 Å². The minimum atomic E-state index is -0.611. The molecule has 0 nitrogen and oxygen atoms in total. The van der Waals surface area contributed by atoms with Crippen molar-refractivity contribution < 1.29 is 0 Å². The van der Waals surface area contributed by atoms with Gasteiger partial charge >= 0.3 is 0 Å². The molecule has 0 amide bonds. The van der Waals surface area contributed by atoms with E-state index in [1.807, 2.05) is 0 Å². The maximum absolute atomic E-state index is 4.98. The first-order valence-electron chi connectivity index (χ1n) is 0.513. The minimum Gasteiger partial charge on any atom is -0.0585 e. The third-order valence-electron chi connectivity index (χ3n) is 0. The first-order valence-corrected chi connectivity index (χ1v) is 4.61. The average Bonchev–Trinajstić information content (AvgIpc) is 0.811. The molecule has 0 aliphatic heterocycles. The normalized spacial score (nSPS) is 7.00. The van der Waals surface area contributed by atoms with Gasteiger partial charge in [0.2, 0.25) is 0 Å². The first-order chi connectivity index (χ1) is 1.73. The van der Waals surface area contributed by atoms with Crippen LogP contribution in [0.5, 0.6) is 0 Å². The van der Waals surface area contributed by atoms with Crippen LogP contribution >= 0.6 is 29.4 Å². The summed E-state index contributed by atoms with van der Waals surface area (Å²) < 4.78 is 0. The van der Waals surface area contributed by atoms with Crippen molar-refractivity contribution in [2.45, 2.75) is 0 Å². The number of hydrogen-bond donors (Lipinski definition) is 0. The van der Waals surface area contributed by atoms with Gasteiger partial charge in [-0.15, -0.1) is 0 Å². The number of halogens is 2. The molecule has 0 aliphatic carbocycles. The van der Waals surface area contributed by atoms with Gasteiger partial charge in [-0.05, 0) is 21.4 Å². The second kappa shape index (κ2) is 4.23. The van der Waals surface area contributed by atoms with E-state index in [-0.39, 0.29) is 0 Å². The third-order valence-corrected chi connectivity index (χ3v) is 0. The summed E-state index contributed by atoms with van der Waals surface area (Å²) >= 11 is 0. The van der Waals surface area contributed by atoms with Crippen LogP contribution in [0.15, 0.2) is 0 Å². The molecule has 0 saturated heterocycles. The van der Waals surface area contributed by atoms with Crippen LogP contribution in [0.1, 0.15) is 0 Å². The number of rotatable bonds is 0. The van der Waals surface area contributed by atoms with Crippen LogP contribution in [-0.4, -0.2) is 0 Å². The Kier molecular flexibility index (Phi) is 7.59. The van der Waals surface area contributed by atoms with Crippen molar-refractivity contribution in [3.63, 3.8) is 0 Å². The molecule has 0 spiro atoms. The van der Waals surface area contributed by atoms with Crippen LogP contribution in [0, 0.1) is 0 Å². The predicted molar refractivity (Wildman–Crippen MR) is 27.4 cm³/mol. The number of hydrogen-bond acceptors (Lipinski definition) is 0. The second-order valence-corrected chi connectivity index (χ2v) is 5.74. The maximum Gasteiger partial charge on any atom is 0.0178 e. The fourth-order valence-electron chi connectivity index (χ4n) is 0. The molecule has 0 aromatic carbocycles. The maximum atomic E-state index is 4.98.